The Bertz CT molecular complexity index is 754. The number of para-hydroxylation sites is 2. The van der Waals surface area contributed by atoms with Gasteiger partial charge in [0.2, 0.25) is 0 Å². The monoisotopic (exact) mass is 334 g/mol. The molecule has 1 saturated heterocycles. The molecule has 5 nitrogen and oxygen atoms in total. The third-order valence-corrected chi connectivity index (χ3v) is 5.03. The highest BCUT2D eigenvalue weighted by molar-refractivity contribution is 7.10. The fourth-order valence-corrected chi connectivity index (χ4v) is 3.58. The molecule has 1 fully saturated rings. The van der Waals surface area contributed by atoms with Gasteiger partial charge in [-0.25, -0.2) is 4.98 Å². The quantitative estimate of drug-likeness (QED) is 0.730. The minimum atomic E-state index is 0.325. The second-order valence-electron chi connectivity index (χ2n) is 5.59. The average Bonchev–Trinajstić information content (AvgIpc) is 3.14. The molecule has 22 heavy (non-hydrogen) atoms. The summed E-state index contributed by atoms with van der Waals surface area (Å²) >= 11 is 7.34. The number of fused-ring (bicyclic) bond motifs is 1. The van der Waals surface area contributed by atoms with Gasteiger partial charge in [0.1, 0.15) is 15.5 Å². The van der Waals surface area contributed by atoms with E-state index in [0.29, 0.717) is 10.3 Å². The lowest BCUT2D eigenvalue weighted by Crippen LogP contribution is -2.34. The molecule has 0 spiro atoms. The molecule has 114 valence electrons. The lowest BCUT2D eigenvalue weighted by molar-refractivity contribution is 0.185. The number of nitrogens with zero attached hydrogens (tertiary/aromatic N) is 4. The van der Waals surface area contributed by atoms with Gasteiger partial charge in [0, 0.05) is 30.5 Å². The first-order valence-corrected chi connectivity index (χ1v) is 8.49. The van der Waals surface area contributed by atoms with E-state index in [1.807, 2.05) is 24.3 Å². The Kier molecular flexibility index (Phi) is 3.82. The van der Waals surface area contributed by atoms with E-state index < -0.39 is 0 Å². The maximum Gasteiger partial charge on any atom is 0.199 e. The maximum absolute atomic E-state index is 6.10. The van der Waals surface area contributed by atoms with Gasteiger partial charge in [0.15, 0.2) is 11.5 Å². The van der Waals surface area contributed by atoms with Crippen LogP contribution in [0.3, 0.4) is 0 Å². The zero-order chi connectivity index (χ0) is 14.9. The van der Waals surface area contributed by atoms with E-state index in [9.17, 15) is 0 Å². The minimum absolute atomic E-state index is 0.325. The predicted octanol–water partition coefficient (Wildman–Crippen LogP) is 3.71. The second kappa shape index (κ2) is 5.95. The van der Waals surface area contributed by atoms with Crippen molar-refractivity contribution in [3.8, 4) is 0 Å². The molecule has 0 saturated carbocycles. The third kappa shape index (κ3) is 2.74. The molecule has 0 bridgehead atoms. The molecule has 0 amide bonds. The summed E-state index contributed by atoms with van der Waals surface area (Å²) in [5.74, 6) is 1.17. The molecule has 7 heteroatoms. The van der Waals surface area contributed by atoms with Gasteiger partial charge < -0.3 is 4.42 Å². The first-order valence-electron chi connectivity index (χ1n) is 7.34. The Morgan fingerprint density at radius 3 is 3.09 bits per heavy atom. The van der Waals surface area contributed by atoms with E-state index in [4.69, 9.17) is 16.0 Å². The zero-order valence-electron chi connectivity index (χ0n) is 11.9. The number of oxazole rings is 1. The molecule has 0 aliphatic carbocycles. The van der Waals surface area contributed by atoms with Gasteiger partial charge in [-0.15, -0.1) is 5.10 Å². The summed E-state index contributed by atoms with van der Waals surface area (Å²) in [5.41, 5.74) is 2.66. The van der Waals surface area contributed by atoms with Crippen LogP contribution in [0, 0.1) is 0 Å². The van der Waals surface area contributed by atoms with E-state index in [2.05, 4.69) is 19.5 Å². The Hall–Kier alpha value is -1.50. The lowest BCUT2D eigenvalue weighted by atomic mass is 9.98. The number of likely N-dealkylation sites (tertiary alicyclic amines) is 1. The summed E-state index contributed by atoms with van der Waals surface area (Å²) in [6, 6.07) is 7.91. The number of aromatic nitrogens is 3. The molecule has 1 atom stereocenters. The normalized spacial score (nSPS) is 19.8. The van der Waals surface area contributed by atoms with Crippen LogP contribution in [0.25, 0.3) is 11.1 Å². The van der Waals surface area contributed by atoms with Crippen molar-refractivity contribution in [3.63, 3.8) is 0 Å². The van der Waals surface area contributed by atoms with E-state index >= 15 is 0 Å². The highest BCUT2D eigenvalue weighted by Gasteiger charge is 2.26. The Labute approximate surface area is 137 Å². The molecular formula is C15H15ClN4OS. The van der Waals surface area contributed by atoms with E-state index in [1.165, 1.54) is 11.5 Å². The SMILES string of the molecule is Clc1snnc1CN1CCC[C@@H](c2nc3ccccc3o2)C1. The van der Waals surface area contributed by atoms with Crippen molar-refractivity contribution in [2.75, 3.05) is 13.1 Å². The molecule has 3 heterocycles. The standard InChI is InChI=1S/C15H15ClN4OS/c16-14-12(18-19-22-14)9-20-7-3-4-10(8-20)15-17-11-5-1-2-6-13(11)21-15/h1-2,5-6,10H,3-4,7-9H2/t10-/m1/s1. The molecular weight excluding hydrogens is 320 g/mol. The number of piperidine rings is 1. The van der Waals surface area contributed by atoms with Crippen LogP contribution < -0.4 is 0 Å². The lowest BCUT2D eigenvalue weighted by Gasteiger charge is -2.30. The molecule has 0 radical (unpaired) electrons. The number of hydrogen-bond donors (Lipinski definition) is 0. The van der Waals surface area contributed by atoms with Crippen molar-refractivity contribution in [3.05, 3.63) is 40.2 Å². The topological polar surface area (TPSA) is 55.1 Å². The number of halogens is 1. The number of rotatable bonds is 3. The van der Waals surface area contributed by atoms with Crippen LogP contribution in [-0.2, 0) is 6.54 Å². The van der Waals surface area contributed by atoms with Crippen LogP contribution in [0.4, 0.5) is 0 Å². The summed E-state index contributed by atoms with van der Waals surface area (Å²) in [7, 11) is 0. The van der Waals surface area contributed by atoms with Crippen LogP contribution in [0.5, 0.6) is 0 Å². The first kappa shape index (κ1) is 14.1. The van der Waals surface area contributed by atoms with Crippen LogP contribution in [0.15, 0.2) is 28.7 Å². The molecule has 2 aromatic heterocycles. The summed E-state index contributed by atoms with van der Waals surface area (Å²) in [5, 5.41) is 4.10. The van der Waals surface area contributed by atoms with Gasteiger partial charge in [0.25, 0.3) is 0 Å². The van der Waals surface area contributed by atoms with Gasteiger partial charge in [-0.1, -0.05) is 28.2 Å². The van der Waals surface area contributed by atoms with E-state index in [1.54, 1.807) is 0 Å². The largest absolute Gasteiger partial charge is 0.440 e. The Morgan fingerprint density at radius 1 is 1.36 bits per heavy atom. The molecule has 1 aliphatic rings. The van der Waals surface area contributed by atoms with Gasteiger partial charge in [-0.2, -0.15) is 0 Å². The van der Waals surface area contributed by atoms with E-state index in [-0.39, 0.29) is 0 Å². The first-order chi connectivity index (χ1) is 10.8. The molecule has 1 aromatic carbocycles. The smallest absolute Gasteiger partial charge is 0.199 e. The van der Waals surface area contributed by atoms with Crippen molar-refractivity contribution in [1.82, 2.24) is 19.5 Å². The predicted molar refractivity (Wildman–Crippen MR) is 86.2 cm³/mol. The summed E-state index contributed by atoms with van der Waals surface area (Å²) in [4.78, 5) is 6.99. The van der Waals surface area contributed by atoms with Crippen molar-refractivity contribution >= 4 is 34.2 Å². The van der Waals surface area contributed by atoms with Gasteiger partial charge in [-0.3, -0.25) is 4.90 Å². The van der Waals surface area contributed by atoms with Crippen LogP contribution in [0.2, 0.25) is 4.34 Å². The van der Waals surface area contributed by atoms with Crippen molar-refractivity contribution in [1.29, 1.82) is 0 Å². The van der Waals surface area contributed by atoms with E-state index in [0.717, 1.165) is 55.2 Å². The van der Waals surface area contributed by atoms with Gasteiger partial charge in [-0.05, 0) is 31.5 Å². The summed E-state index contributed by atoms with van der Waals surface area (Å²) < 4.78 is 10.5. The van der Waals surface area contributed by atoms with Gasteiger partial charge in [0.05, 0.1) is 0 Å². The maximum atomic E-state index is 6.10. The minimum Gasteiger partial charge on any atom is -0.440 e. The molecule has 0 N–H and O–H groups in total. The highest BCUT2D eigenvalue weighted by Crippen LogP contribution is 2.30. The molecule has 0 unspecified atom stereocenters. The fraction of sp³-hybridized carbons (Fsp3) is 0.400. The number of benzene rings is 1. The average molecular weight is 335 g/mol. The summed E-state index contributed by atoms with van der Waals surface area (Å²) in [6.07, 6.45) is 2.23. The van der Waals surface area contributed by atoms with Crippen LogP contribution in [-0.4, -0.2) is 32.6 Å². The van der Waals surface area contributed by atoms with Crippen LogP contribution in [0.1, 0.15) is 30.3 Å². The molecule has 1 aliphatic heterocycles. The molecule has 4 rings (SSSR count). The van der Waals surface area contributed by atoms with Crippen molar-refractivity contribution in [2.24, 2.45) is 0 Å². The van der Waals surface area contributed by atoms with Gasteiger partial charge >= 0.3 is 0 Å². The third-order valence-electron chi connectivity index (χ3n) is 4.05. The Morgan fingerprint density at radius 2 is 2.27 bits per heavy atom. The number of hydrogen-bond acceptors (Lipinski definition) is 6. The zero-order valence-corrected chi connectivity index (χ0v) is 13.5. The van der Waals surface area contributed by atoms with Crippen molar-refractivity contribution in [2.45, 2.75) is 25.3 Å². The Balaban J connectivity index is 1.51. The highest BCUT2D eigenvalue weighted by atomic mass is 35.5. The summed E-state index contributed by atoms with van der Waals surface area (Å²) in [6.45, 7) is 2.71. The second-order valence-corrected chi connectivity index (χ2v) is 6.94. The van der Waals surface area contributed by atoms with Crippen molar-refractivity contribution < 1.29 is 4.42 Å². The fourth-order valence-electron chi connectivity index (χ4n) is 2.97. The van der Waals surface area contributed by atoms with Crippen LogP contribution >= 0.6 is 23.1 Å². The molecule has 3 aromatic rings.